The Labute approximate surface area is 98.7 Å². The summed E-state index contributed by atoms with van der Waals surface area (Å²) in [6, 6.07) is 9.37. The predicted octanol–water partition coefficient (Wildman–Crippen LogP) is 0.865. The van der Waals surface area contributed by atoms with E-state index < -0.39 is 6.10 Å². The summed E-state index contributed by atoms with van der Waals surface area (Å²) < 4.78 is 5.42. The van der Waals surface area contributed by atoms with Crippen LogP contribution in [0.5, 0.6) is 5.75 Å². The molecule has 1 heterocycles. The van der Waals surface area contributed by atoms with Crippen LogP contribution < -0.4 is 10.6 Å². The largest absolute Gasteiger partial charge is 0.491 e. The Bertz CT molecular complexity index is 490. The number of hydrogen-bond acceptors (Lipinski definition) is 5. The number of aromatic nitrogens is 1. The highest BCUT2D eigenvalue weighted by molar-refractivity contribution is 5.79. The second-order valence-electron chi connectivity index (χ2n) is 3.66. The first-order chi connectivity index (χ1) is 8.29. The van der Waals surface area contributed by atoms with E-state index in [0.717, 1.165) is 10.9 Å². The van der Waals surface area contributed by atoms with E-state index in [1.807, 2.05) is 30.3 Å². The van der Waals surface area contributed by atoms with E-state index >= 15 is 0 Å². The summed E-state index contributed by atoms with van der Waals surface area (Å²) in [5, 5.41) is 10.4. The normalized spacial score (nSPS) is 12.6. The van der Waals surface area contributed by atoms with Crippen molar-refractivity contribution in [1.29, 1.82) is 0 Å². The molecule has 0 aliphatic rings. The summed E-state index contributed by atoms with van der Waals surface area (Å²) in [5.74, 6) is 5.53. The first kappa shape index (κ1) is 11.8. The van der Waals surface area contributed by atoms with Crippen LogP contribution in [0.2, 0.25) is 0 Å². The molecule has 1 aromatic carbocycles. The molecule has 1 atom stereocenters. The lowest BCUT2D eigenvalue weighted by Crippen LogP contribution is -2.25. The van der Waals surface area contributed by atoms with Gasteiger partial charge in [-0.05, 0) is 24.3 Å². The topological polar surface area (TPSA) is 77.6 Å². The van der Waals surface area contributed by atoms with Gasteiger partial charge in [-0.25, -0.2) is 5.90 Å². The molecule has 0 aliphatic carbocycles. The van der Waals surface area contributed by atoms with Crippen molar-refractivity contribution in [3.05, 3.63) is 36.5 Å². The van der Waals surface area contributed by atoms with E-state index in [-0.39, 0.29) is 13.2 Å². The molecule has 3 N–H and O–H groups in total. The lowest BCUT2D eigenvalue weighted by atomic mass is 10.2. The summed E-state index contributed by atoms with van der Waals surface area (Å²) >= 11 is 0. The standard InChI is InChI=1S/C12H14N2O3/c13-17-8-10(15)7-16-11-3-4-12-9(6-11)2-1-5-14-12/h1-6,10,15H,7-8,13H2. The van der Waals surface area contributed by atoms with Crippen LogP contribution in [-0.4, -0.2) is 29.4 Å². The Morgan fingerprint density at radius 2 is 2.18 bits per heavy atom. The molecule has 17 heavy (non-hydrogen) atoms. The Morgan fingerprint density at radius 3 is 3.00 bits per heavy atom. The zero-order valence-corrected chi connectivity index (χ0v) is 9.24. The molecule has 90 valence electrons. The van der Waals surface area contributed by atoms with Gasteiger partial charge in [0.05, 0.1) is 12.1 Å². The van der Waals surface area contributed by atoms with Crippen molar-refractivity contribution in [1.82, 2.24) is 4.98 Å². The molecule has 2 rings (SSSR count). The van der Waals surface area contributed by atoms with Gasteiger partial charge in [-0.15, -0.1) is 0 Å². The van der Waals surface area contributed by atoms with E-state index in [2.05, 4.69) is 9.82 Å². The number of nitrogens with two attached hydrogens (primary N) is 1. The summed E-state index contributed by atoms with van der Waals surface area (Å²) in [6.07, 6.45) is 1.01. The Morgan fingerprint density at radius 1 is 1.29 bits per heavy atom. The van der Waals surface area contributed by atoms with E-state index in [9.17, 15) is 5.11 Å². The van der Waals surface area contributed by atoms with Crippen molar-refractivity contribution in [2.24, 2.45) is 5.90 Å². The van der Waals surface area contributed by atoms with Gasteiger partial charge in [-0.2, -0.15) is 0 Å². The minimum absolute atomic E-state index is 0.0507. The lowest BCUT2D eigenvalue weighted by molar-refractivity contribution is 0.0116. The summed E-state index contributed by atoms with van der Waals surface area (Å²) in [5.41, 5.74) is 0.908. The van der Waals surface area contributed by atoms with Gasteiger partial charge in [0, 0.05) is 11.6 Å². The SMILES string of the molecule is NOCC(O)COc1ccc2ncccc2c1. The van der Waals surface area contributed by atoms with E-state index in [0.29, 0.717) is 5.75 Å². The minimum atomic E-state index is -0.732. The first-order valence-electron chi connectivity index (χ1n) is 5.27. The van der Waals surface area contributed by atoms with Crippen LogP contribution in [-0.2, 0) is 4.84 Å². The molecule has 0 saturated heterocycles. The molecular weight excluding hydrogens is 220 g/mol. The smallest absolute Gasteiger partial charge is 0.120 e. The number of hydrogen-bond donors (Lipinski definition) is 2. The number of aliphatic hydroxyl groups is 1. The van der Waals surface area contributed by atoms with E-state index in [1.165, 1.54) is 0 Å². The molecule has 0 amide bonds. The highest BCUT2D eigenvalue weighted by Crippen LogP contribution is 2.18. The minimum Gasteiger partial charge on any atom is -0.491 e. The summed E-state index contributed by atoms with van der Waals surface area (Å²) in [7, 11) is 0. The van der Waals surface area contributed by atoms with E-state index in [4.69, 9.17) is 10.6 Å². The molecule has 5 heteroatoms. The Hall–Kier alpha value is -1.69. The maximum Gasteiger partial charge on any atom is 0.120 e. The molecule has 0 fully saturated rings. The molecule has 0 radical (unpaired) electrons. The van der Waals surface area contributed by atoms with Crippen LogP contribution in [0.25, 0.3) is 10.9 Å². The number of benzene rings is 1. The highest BCUT2D eigenvalue weighted by Gasteiger charge is 2.05. The second-order valence-corrected chi connectivity index (χ2v) is 3.66. The zero-order valence-electron chi connectivity index (χ0n) is 9.24. The fourth-order valence-electron chi connectivity index (χ4n) is 1.50. The molecule has 1 unspecified atom stereocenters. The highest BCUT2D eigenvalue weighted by atomic mass is 16.6. The van der Waals surface area contributed by atoms with Crippen LogP contribution in [0, 0.1) is 0 Å². The monoisotopic (exact) mass is 234 g/mol. The Balaban J connectivity index is 2.04. The van der Waals surface area contributed by atoms with Crippen molar-refractivity contribution in [3.8, 4) is 5.75 Å². The number of ether oxygens (including phenoxy) is 1. The molecule has 0 aliphatic heterocycles. The maximum absolute atomic E-state index is 9.38. The molecule has 2 aromatic rings. The molecule has 5 nitrogen and oxygen atoms in total. The van der Waals surface area contributed by atoms with E-state index in [1.54, 1.807) is 6.20 Å². The fraction of sp³-hybridized carbons (Fsp3) is 0.250. The Kier molecular flexibility index (Phi) is 3.87. The van der Waals surface area contributed by atoms with Crippen molar-refractivity contribution in [2.75, 3.05) is 13.2 Å². The fourth-order valence-corrected chi connectivity index (χ4v) is 1.50. The average molecular weight is 234 g/mol. The summed E-state index contributed by atoms with van der Waals surface area (Å²) in [6.45, 7) is 0.193. The number of pyridine rings is 1. The maximum atomic E-state index is 9.38. The zero-order chi connectivity index (χ0) is 12.1. The number of fused-ring (bicyclic) bond motifs is 1. The third kappa shape index (κ3) is 3.13. The number of rotatable bonds is 5. The van der Waals surface area contributed by atoms with Crippen LogP contribution in [0.15, 0.2) is 36.5 Å². The summed E-state index contributed by atoms with van der Waals surface area (Å²) in [4.78, 5) is 8.53. The van der Waals surface area contributed by atoms with Gasteiger partial charge in [-0.1, -0.05) is 6.07 Å². The first-order valence-corrected chi connectivity index (χ1v) is 5.27. The van der Waals surface area contributed by atoms with Crippen molar-refractivity contribution in [2.45, 2.75) is 6.10 Å². The number of aliphatic hydroxyl groups excluding tert-OH is 1. The van der Waals surface area contributed by atoms with Crippen molar-refractivity contribution < 1.29 is 14.7 Å². The quantitative estimate of drug-likeness (QED) is 0.750. The molecular formula is C12H14N2O3. The van der Waals surface area contributed by atoms with Gasteiger partial charge in [0.15, 0.2) is 0 Å². The van der Waals surface area contributed by atoms with Gasteiger partial charge >= 0.3 is 0 Å². The third-order valence-corrected chi connectivity index (χ3v) is 2.31. The molecule has 0 bridgehead atoms. The van der Waals surface area contributed by atoms with Crippen molar-refractivity contribution in [3.63, 3.8) is 0 Å². The lowest BCUT2D eigenvalue weighted by Gasteiger charge is -2.11. The van der Waals surface area contributed by atoms with Gasteiger partial charge in [0.25, 0.3) is 0 Å². The van der Waals surface area contributed by atoms with Crippen LogP contribution in [0.4, 0.5) is 0 Å². The predicted molar refractivity (Wildman–Crippen MR) is 63.4 cm³/mol. The van der Waals surface area contributed by atoms with Crippen LogP contribution in [0.1, 0.15) is 0 Å². The molecule has 1 aromatic heterocycles. The molecule has 0 saturated carbocycles. The van der Waals surface area contributed by atoms with Gasteiger partial charge in [0.2, 0.25) is 0 Å². The van der Waals surface area contributed by atoms with Gasteiger partial charge < -0.3 is 14.7 Å². The van der Waals surface area contributed by atoms with Crippen LogP contribution in [0.3, 0.4) is 0 Å². The van der Waals surface area contributed by atoms with Gasteiger partial charge in [-0.3, -0.25) is 4.98 Å². The third-order valence-electron chi connectivity index (χ3n) is 2.31. The van der Waals surface area contributed by atoms with Gasteiger partial charge in [0.1, 0.15) is 18.5 Å². The second kappa shape index (κ2) is 5.58. The molecule has 0 spiro atoms. The number of nitrogens with zero attached hydrogens (tertiary/aromatic N) is 1. The average Bonchev–Trinajstić information content (AvgIpc) is 2.36. The van der Waals surface area contributed by atoms with Crippen LogP contribution >= 0.6 is 0 Å². The van der Waals surface area contributed by atoms with Crippen molar-refractivity contribution >= 4 is 10.9 Å².